The van der Waals surface area contributed by atoms with Gasteiger partial charge in [0.05, 0.1) is 11.3 Å². The summed E-state index contributed by atoms with van der Waals surface area (Å²) in [5, 5.41) is 3.28. The fraction of sp³-hybridized carbons (Fsp3) is 0.138. The van der Waals surface area contributed by atoms with E-state index in [9.17, 15) is 14.4 Å². The lowest BCUT2D eigenvalue weighted by atomic mass is 10.0. The molecule has 1 atom stereocenters. The molecule has 184 valence electrons. The summed E-state index contributed by atoms with van der Waals surface area (Å²) in [6, 6.07) is 20.0. The molecule has 2 amide bonds. The summed E-state index contributed by atoms with van der Waals surface area (Å²) in [6.07, 6.45) is 3.56. The molecule has 3 heterocycles. The number of pyridine rings is 2. The van der Waals surface area contributed by atoms with Crippen LogP contribution in [-0.2, 0) is 17.8 Å². The zero-order chi connectivity index (χ0) is 25.9. The van der Waals surface area contributed by atoms with Crippen LogP contribution in [0.25, 0.3) is 0 Å². The van der Waals surface area contributed by atoms with Gasteiger partial charge in [0.2, 0.25) is 11.7 Å². The molecule has 0 saturated heterocycles. The van der Waals surface area contributed by atoms with Crippen LogP contribution in [0.3, 0.4) is 0 Å². The topological polar surface area (TPSA) is 92.3 Å². The smallest absolute Gasteiger partial charge is 0.256 e. The highest BCUT2D eigenvalue weighted by Gasteiger charge is 2.36. The summed E-state index contributed by atoms with van der Waals surface area (Å²) >= 11 is 6.13. The van der Waals surface area contributed by atoms with Crippen molar-refractivity contribution in [1.82, 2.24) is 14.9 Å². The fourth-order valence-corrected chi connectivity index (χ4v) is 4.44. The van der Waals surface area contributed by atoms with E-state index >= 15 is 0 Å². The Morgan fingerprint density at radius 1 is 1.00 bits per heavy atom. The van der Waals surface area contributed by atoms with Crippen LogP contribution < -0.4 is 5.32 Å². The third-order valence-corrected chi connectivity index (χ3v) is 6.49. The number of ketones is 1. The average Bonchev–Trinajstić information content (AvgIpc) is 2.99. The molecule has 0 spiro atoms. The van der Waals surface area contributed by atoms with E-state index < -0.39 is 6.04 Å². The Labute approximate surface area is 219 Å². The molecule has 0 radical (unpaired) electrons. The molecule has 8 heteroatoms. The van der Waals surface area contributed by atoms with E-state index in [1.807, 2.05) is 25.1 Å². The molecule has 1 aliphatic rings. The molecule has 1 N–H and O–H groups in total. The lowest BCUT2D eigenvalue weighted by Crippen LogP contribution is -2.46. The summed E-state index contributed by atoms with van der Waals surface area (Å²) in [4.78, 5) is 50.0. The third-order valence-electron chi connectivity index (χ3n) is 6.25. The molecule has 2 aromatic heterocycles. The summed E-state index contributed by atoms with van der Waals surface area (Å²) < 4.78 is 0. The van der Waals surface area contributed by atoms with Gasteiger partial charge in [-0.3, -0.25) is 24.4 Å². The predicted octanol–water partition coefficient (Wildman–Crippen LogP) is 4.88. The number of carbonyl (C=O) groups excluding carboxylic acids is 3. The Kier molecular flexibility index (Phi) is 6.79. The van der Waals surface area contributed by atoms with Crippen LogP contribution in [-0.4, -0.2) is 38.5 Å². The molecular weight excluding hydrogens is 488 g/mol. The average molecular weight is 511 g/mol. The van der Waals surface area contributed by atoms with Gasteiger partial charge in [-0.1, -0.05) is 48.0 Å². The highest BCUT2D eigenvalue weighted by molar-refractivity contribution is 6.31. The Balaban J connectivity index is 1.45. The van der Waals surface area contributed by atoms with Crippen molar-refractivity contribution < 1.29 is 14.4 Å². The van der Waals surface area contributed by atoms with Crippen LogP contribution in [0.5, 0.6) is 0 Å². The number of halogens is 1. The molecule has 2 aromatic carbocycles. The monoisotopic (exact) mass is 510 g/mol. The van der Waals surface area contributed by atoms with Crippen LogP contribution in [0.15, 0.2) is 85.2 Å². The third kappa shape index (κ3) is 5.27. The van der Waals surface area contributed by atoms with Gasteiger partial charge in [0.15, 0.2) is 0 Å². The van der Waals surface area contributed by atoms with E-state index in [2.05, 4.69) is 15.3 Å². The first-order chi connectivity index (χ1) is 17.9. The first kappa shape index (κ1) is 24.3. The van der Waals surface area contributed by atoms with Crippen molar-refractivity contribution in [1.29, 1.82) is 0 Å². The van der Waals surface area contributed by atoms with E-state index in [4.69, 9.17) is 11.6 Å². The molecule has 37 heavy (non-hydrogen) atoms. The molecule has 7 nitrogen and oxygen atoms in total. The summed E-state index contributed by atoms with van der Waals surface area (Å²) in [6.45, 7) is 2.08. The number of nitrogens with one attached hydrogen (secondary N) is 1. The Morgan fingerprint density at radius 2 is 1.81 bits per heavy atom. The van der Waals surface area contributed by atoms with Crippen molar-refractivity contribution >= 4 is 34.9 Å². The van der Waals surface area contributed by atoms with Gasteiger partial charge in [0, 0.05) is 41.6 Å². The van der Waals surface area contributed by atoms with Crippen LogP contribution in [0.2, 0.25) is 5.02 Å². The molecule has 0 saturated carbocycles. The molecule has 4 aromatic rings. The lowest BCUT2D eigenvalue weighted by molar-refractivity contribution is -0.120. The minimum absolute atomic E-state index is 0.170. The van der Waals surface area contributed by atoms with Crippen molar-refractivity contribution in [2.24, 2.45) is 0 Å². The fourth-order valence-electron chi connectivity index (χ4n) is 4.27. The van der Waals surface area contributed by atoms with Crippen molar-refractivity contribution in [3.8, 4) is 0 Å². The van der Waals surface area contributed by atoms with Gasteiger partial charge in [-0.25, -0.2) is 0 Å². The highest BCUT2D eigenvalue weighted by atomic mass is 35.5. The van der Waals surface area contributed by atoms with E-state index in [-0.39, 0.29) is 30.6 Å². The van der Waals surface area contributed by atoms with Crippen LogP contribution in [0.4, 0.5) is 5.69 Å². The van der Waals surface area contributed by atoms with E-state index in [1.54, 1.807) is 71.9 Å². The zero-order valence-electron chi connectivity index (χ0n) is 20.0. The maximum atomic E-state index is 13.7. The Morgan fingerprint density at radius 3 is 2.51 bits per heavy atom. The summed E-state index contributed by atoms with van der Waals surface area (Å²) in [5.41, 5.74) is 4.03. The van der Waals surface area contributed by atoms with E-state index in [0.717, 1.165) is 11.1 Å². The number of rotatable bonds is 6. The largest absolute Gasteiger partial charge is 0.323 e. The first-order valence-corrected chi connectivity index (χ1v) is 12.1. The van der Waals surface area contributed by atoms with Gasteiger partial charge in [-0.15, -0.1) is 0 Å². The second-order valence-corrected chi connectivity index (χ2v) is 9.34. The lowest BCUT2D eigenvalue weighted by Gasteiger charge is -2.28. The zero-order valence-corrected chi connectivity index (χ0v) is 20.8. The van der Waals surface area contributed by atoms with E-state index in [1.165, 1.54) is 0 Å². The number of aromatic nitrogens is 2. The highest BCUT2D eigenvalue weighted by Crippen LogP contribution is 2.28. The van der Waals surface area contributed by atoms with Crippen molar-refractivity contribution in [3.63, 3.8) is 0 Å². The normalized spacial score (nSPS) is 15.1. The Bertz CT molecular complexity index is 1470. The SMILES string of the molecule is Cc1ccc(C(=O)c2ccc(CN3C(=O)c4ccc(Cl)cc4NC(=O)[C@H]3Cc3ccccn3)cc2)nc1. The number of benzene rings is 2. The Hall–Kier alpha value is -4.36. The molecule has 0 unspecified atom stereocenters. The van der Waals surface area contributed by atoms with Crippen LogP contribution in [0.1, 0.15) is 43.2 Å². The molecule has 0 fully saturated rings. The van der Waals surface area contributed by atoms with Gasteiger partial charge < -0.3 is 10.2 Å². The van der Waals surface area contributed by atoms with Gasteiger partial charge in [0.25, 0.3) is 5.91 Å². The van der Waals surface area contributed by atoms with E-state index in [0.29, 0.717) is 33.2 Å². The van der Waals surface area contributed by atoms with Crippen molar-refractivity contribution in [2.75, 3.05) is 5.32 Å². The standard InChI is InChI=1S/C29H23ClN4O3/c1-18-5-12-24(32-16-18)27(35)20-8-6-19(7-9-20)17-34-26(15-22-4-2-3-13-31-22)28(36)33-25-14-21(30)10-11-23(25)29(34)37/h2-14,16,26H,15,17H2,1H3,(H,33,36)/t26-/m1/s1. The first-order valence-electron chi connectivity index (χ1n) is 11.8. The molecule has 5 rings (SSSR count). The van der Waals surface area contributed by atoms with Gasteiger partial charge >= 0.3 is 0 Å². The van der Waals surface area contributed by atoms with Crippen molar-refractivity contribution in [2.45, 2.75) is 25.9 Å². The second kappa shape index (κ2) is 10.3. The molecular formula is C29H23ClN4O3. The predicted molar refractivity (Wildman–Crippen MR) is 141 cm³/mol. The van der Waals surface area contributed by atoms with Crippen molar-refractivity contribution in [3.05, 3.63) is 124 Å². The molecule has 0 aliphatic carbocycles. The maximum absolute atomic E-state index is 13.7. The number of hydrogen-bond acceptors (Lipinski definition) is 5. The molecule has 1 aliphatic heterocycles. The number of fused-ring (bicyclic) bond motifs is 1. The number of anilines is 1. The van der Waals surface area contributed by atoms with Gasteiger partial charge in [0.1, 0.15) is 11.7 Å². The van der Waals surface area contributed by atoms with Crippen LogP contribution >= 0.6 is 11.6 Å². The van der Waals surface area contributed by atoms with Crippen LogP contribution in [0, 0.1) is 6.92 Å². The molecule has 0 bridgehead atoms. The number of amides is 2. The minimum atomic E-state index is -0.799. The maximum Gasteiger partial charge on any atom is 0.256 e. The van der Waals surface area contributed by atoms with Gasteiger partial charge in [-0.05, 0) is 54.4 Å². The number of hydrogen-bond donors (Lipinski definition) is 1. The summed E-state index contributed by atoms with van der Waals surface area (Å²) in [5.74, 6) is -0.803. The second-order valence-electron chi connectivity index (χ2n) is 8.90. The quantitative estimate of drug-likeness (QED) is 0.373. The number of nitrogens with zero attached hydrogens (tertiary/aromatic N) is 3. The number of aryl methyl sites for hydroxylation is 1. The summed E-state index contributed by atoms with van der Waals surface area (Å²) in [7, 11) is 0. The number of carbonyl (C=O) groups is 3. The van der Waals surface area contributed by atoms with Gasteiger partial charge in [-0.2, -0.15) is 0 Å². The minimum Gasteiger partial charge on any atom is -0.323 e.